The van der Waals surface area contributed by atoms with Crippen molar-refractivity contribution in [3.63, 3.8) is 0 Å². The van der Waals surface area contributed by atoms with Crippen LogP contribution >= 0.6 is 0 Å². The van der Waals surface area contributed by atoms with Gasteiger partial charge < -0.3 is 19.7 Å². The molecule has 1 aliphatic rings. The number of carbonyl (C=O) groups excluding carboxylic acids is 1. The number of methoxy groups -OCH3 is 1. The van der Waals surface area contributed by atoms with E-state index in [0.717, 1.165) is 0 Å². The molecule has 2 unspecified atom stereocenters. The fourth-order valence-electron chi connectivity index (χ4n) is 1.51. The smallest absolute Gasteiger partial charge is 0.337 e. The third-order valence-corrected chi connectivity index (χ3v) is 2.73. The second-order valence-corrected chi connectivity index (χ2v) is 3.63. The lowest BCUT2D eigenvalue weighted by atomic mass is 9.89. The molecule has 1 saturated heterocycles. The first-order valence-corrected chi connectivity index (χ1v) is 4.58. The zero-order valence-corrected chi connectivity index (χ0v) is 8.51. The first-order chi connectivity index (χ1) is 6.49. The third-order valence-electron chi connectivity index (χ3n) is 2.73. The van der Waals surface area contributed by atoms with E-state index in [4.69, 9.17) is 4.74 Å². The largest absolute Gasteiger partial charge is 0.467 e. The Balaban J connectivity index is 2.75. The van der Waals surface area contributed by atoms with Crippen molar-refractivity contribution in [1.82, 2.24) is 0 Å². The highest BCUT2D eigenvalue weighted by Gasteiger charge is 2.44. The molecule has 1 heterocycles. The average Bonchev–Trinajstić information content (AvgIpc) is 2.19. The lowest BCUT2D eigenvalue weighted by molar-refractivity contribution is -0.208. The number of carbonyl (C=O) groups is 1. The van der Waals surface area contributed by atoms with Crippen LogP contribution in [0.2, 0.25) is 0 Å². The minimum Gasteiger partial charge on any atom is -0.467 e. The van der Waals surface area contributed by atoms with Gasteiger partial charge in [-0.1, -0.05) is 6.92 Å². The molecule has 0 aromatic rings. The Morgan fingerprint density at radius 1 is 1.29 bits per heavy atom. The van der Waals surface area contributed by atoms with Crippen molar-refractivity contribution < 1.29 is 24.5 Å². The van der Waals surface area contributed by atoms with Crippen molar-refractivity contribution in [2.45, 2.75) is 38.3 Å². The molecule has 0 aliphatic carbocycles. The molecule has 5 nitrogen and oxygen atoms in total. The van der Waals surface area contributed by atoms with Crippen LogP contribution in [0.25, 0.3) is 0 Å². The van der Waals surface area contributed by atoms with E-state index in [0.29, 0.717) is 0 Å². The number of hydrogen-bond donors (Lipinski definition) is 2. The number of aliphatic hydroxyl groups excluding tert-OH is 2. The van der Waals surface area contributed by atoms with Crippen LogP contribution in [0.1, 0.15) is 13.8 Å². The second-order valence-electron chi connectivity index (χ2n) is 3.63. The van der Waals surface area contributed by atoms with Gasteiger partial charge in [-0.15, -0.1) is 0 Å². The summed E-state index contributed by atoms with van der Waals surface area (Å²) in [6.45, 7) is 3.50. The lowest BCUT2D eigenvalue weighted by Crippen LogP contribution is -2.55. The Morgan fingerprint density at radius 2 is 1.86 bits per heavy atom. The van der Waals surface area contributed by atoms with Gasteiger partial charge in [0.2, 0.25) is 0 Å². The van der Waals surface area contributed by atoms with Gasteiger partial charge in [-0.25, -0.2) is 4.79 Å². The van der Waals surface area contributed by atoms with Crippen molar-refractivity contribution in [1.29, 1.82) is 0 Å². The van der Waals surface area contributed by atoms with E-state index in [1.807, 2.05) is 0 Å². The maximum atomic E-state index is 11.2. The second kappa shape index (κ2) is 4.25. The molecule has 1 aliphatic heterocycles. The minimum atomic E-state index is -1.21. The molecular formula is C9H16O5. The number of esters is 1. The highest BCUT2D eigenvalue weighted by atomic mass is 16.6. The van der Waals surface area contributed by atoms with E-state index >= 15 is 0 Å². The van der Waals surface area contributed by atoms with Crippen LogP contribution in [0.15, 0.2) is 0 Å². The van der Waals surface area contributed by atoms with Gasteiger partial charge >= 0.3 is 5.97 Å². The molecule has 0 bridgehead atoms. The van der Waals surface area contributed by atoms with Gasteiger partial charge in [0.25, 0.3) is 0 Å². The Morgan fingerprint density at radius 3 is 2.36 bits per heavy atom. The summed E-state index contributed by atoms with van der Waals surface area (Å²) in [5.74, 6) is -0.860. The Kier molecular flexibility index (Phi) is 3.47. The number of hydrogen-bond acceptors (Lipinski definition) is 5. The molecular weight excluding hydrogens is 188 g/mol. The van der Waals surface area contributed by atoms with Crippen LogP contribution in [0.5, 0.6) is 0 Å². The topological polar surface area (TPSA) is 76.0 Å². The van der Waals surface area contributed by atoms with Gasteiger partial charge in [0.05, 0.1) is 19.3 Å². The van der Waals surface area contributed by atoms with Crippen LogP contribution in [-0.4, -0.2) is 47.7 Å². The SMILES string of the molecule is COC(=O)C1O[C@H](C)[C@@H](C)C(O)[C@@H]1O. The maximum Gasteiger partial charge on any atom is 0.337 e. The molecule has 1 fully saturated rings. The van der Waals surface area contributed by atoms with E-state index in [1.54, 1.807) is 13.8 Å². The molecule has 0 saturated carbocycles. The van der Waals surface area contributed by atoms with Crippen LogP contribution in [0.3, 0.4) is 0 Å². The predicted octanol–water partition coefficient (Wildman–Crippen LogP) is -0.695. The van der Waals surface area contributed by atoms with Crippen LogP contribution < -0.4 is 0 Å². The standard InChI is InChI=1S/C9H16O5/c1-4-5(2)14-8(9(12)13-3)7(11)6(4)10/h4-8,10-11H,1-3H3/t4-,5-,6?,7+,8?/m1/s1. The van der Waals surface area contributed by atoms with Gasteiger partial charge in [-0.2, -0.15) is 0 Å². The minimum absolute atomic E-state index is 0.203. The van der Waals surface area contributed by atoms with E-state index in [-0.39, 0.29) is 12.0 Å². The molecule has 0 aromatic carbocycles. The fourth-order valence-corrected chi connectivity index (χ4v) is 1.51. The monoisotopic (exact) mass is 204 g/mol. The summed E-state index contributed by atoms with van der Waals surface area (Å²) in [5, 5.41) is 19.1. The first kappa shape index (κ1) is 11.4. The Hall–Kier alpha value is -0.650. The molecule has 14 heavy (non-hydrogen) atoms. The number of aliphatic hydroxyl groups is 2. The molecule has 0 amide bonds. The quantitative estimate of drug-likeness (QED) is 0.553. The number of ether oxygens (including phenoxy) is 2. The fraction of sp³-hybridized carbons (Fsp3) is 0.889. The summed E-state index contributed by atoms with van der Waals surface area (Å²) in [7, 11) is 1.22. The summed E-state index contributed by atoms with van der Waals surface area (Å²) in [4.78, 5) is 11.2. The third kappa shape index (κ3) is 1.89. The summed E-state index contributed by atoms with van der Waals surface area (Å²) >= 11 is 0. The molecule has 0 radical (unpaired) electrons. The molecule has 5 atom stereocenters. The van der Waals surface area contributed by atoms with E-state index in [9.17, 15) is 15.0 Å². The van der Waals surface area contributed by atoms with Crippen molar-refractivity contribution in [3.8, 4) is 0 Å². The van der Waals surface area contributed by atoms with Crippen molar-refractivity contribution in [2.24, 2.45) is 5.92 Å². The summed E-state index contributed by atoms with van der Waals surface area (Å²) in [5.41, 5.74) is 0. The highest BCUT2D eigenvalue weighted by Crippen LogP contribution is 2.26. The van der Waals surface area contributed by atoms with Crippen LogP contribution in [0, 0.1) is 5.92 Å². The maximum absolute atomic E-state index is 11.2. The zero-order valence-electron chi connectivity index (χ0n) is 8.51. The molecule has 1 rings (SSSR count). The van der Waals surface area contributed by atoms with Gasteiger partial charge in [0.1, 0.15) is 6.10 Å². The van der Waals surface area contributed by atoms with E-state index in [2.05, 4.69) is 4.74 Å². The van der Waals surface area contributed by atoms with Crippen molar-refractivity contribution in [3.05, 3.63) is 0 Å². The summed E-state index contributed by atoms with van der Waals surface area (Å²) in [6.07, 6.45) is -3.53. The predicted molar refractivity (Wildman–Crippen MR) is 47.5 cm³/mol. The van der Waals surface area contributed by atoms with Gasteiger partial charge in [0.15, 0.2) is 6.10 Å². The van der Waals surface area contributed by atoms with E-state index < -0.39 is 24.3 Å². The molecule has 82 valence electrons. The normalized spacial score (nSPS) is 43.4. The van der Waals surface area contributed by atoms with Crippen LogP contribution in [0.4, 0.5) is 0 Å². The van der Waals surface area contributed by atoms with Crippen LogP contribution in [-0.2, 0) is 14.3 Å². The highest BCUT2D eigenvalue weighted by molar-refractivity contribution is 5.75. The summed E-state index contributed by atoms with van der Waals surface area (Å²) < 4.78 is 9.71. The first-order valence-electron chi connectivity index (χ1n) is 4.58. The van der Waals surface area contributed by atoms with Crippen molar-refractivity contribution in [2.75, 3.05) is 7.11 Å². The summed E-state index contributed by atoms with van der Waals surface area (Å²) in [6, 6.07) is 0. The van der Waals surface area contributed by atoms with Gasteiger partial charge in [0, 0.05) is 5.92 Å². The molecule has 0 aromatic heterocycles. The van der Waals surface area contributed by atoms with Gasteiger partial charge in [-0.05, 0) is 6.92 Å². The average molecular weight is 204 g/mol. The Labute approximate surface area is 82.6 Å². The number of rotatable bonds is 1. The van der Waals surface area contributed by atoms with Crippen molar-refractivity contribution >= 4 is 5.97 Å². The zero-order chi connectivity index (χ0) is 10.9. The molecule has 2 N–H and O–H groups in total. The van der Waals surface area contributed by atoms with Gasteiger partial charge in [-0.3, -0.25) is 0 Å². The molecule has 0 spiro atoms. The lowest BCUT2D eigenvalue weighted by Gasteiger charge is -2.38. The molecule has 5 heteroatoms. The Bertz CT molecular complexity index is 217. The van der Waals surface area contributed by atoms with E-state index in [1.165, 1.54) is 7.11 Å².